The van der Waals surface area contributed by atoms with Crippen LogP contribution in [0.3, 0.4) is 0 Å². The maximum Gasteiger partial charge on any atom is 0.236 e. The molecule has 0 spiro atoms. The van der Waals surface area contributed by atoms with Crippen molar-refractivity contribution in [3.63, 3.8) is 0 Å². The van der Waals surface area contributed by atoms with Crippen molar-refractivity contribution in [2.24, 2.45) is 0 Å². The number of rotatable bonds is 6. The summed E-state index contributed by atoms with van der Waals surface area (Å²) in [6, 6.07) is 9.52. The monoisotopic (exact) mass is 365 g/mol. The molecule has 2 rings (SSSR count). The highest BCUT2D eigenvalue weighted by Crippen LogP contribution is 2.12. The van der Waals surface area contributed by atoms with Crippen molar-refractivity contribution in [3.8, 4) is 0 Å². The van der Waals surface area contributed by atoms with E-state index >= 15 is 0 Å². The molecule has 0 N–H and O–H groups in total. The molecular formula is C18H27N3O3S. The third-order valence-corrected chi connectivity index (χ3v) is 6.01. The van der Waals surface area contributed by atoms with Crippen LogP contribution in [0.2, 0.25) is 0 Å². The molecule has 1 aliphatic rings. The molecule has 1 aromatic carbocycles. The lowest BCUT2D eigenvalue weighted by atomic mass is 10.2. The molecule has 1 amide bonds. The Hall–Kier alpha value is -1.70. The molecule has 0 aliphatic carbocycles. The van der Waals surface area contributed by atoms with Crippen LogP contribution in [0.5, 0.6) is 0 Å². The molecule has 0 aromatic heterocycles. The molecule has 6 nitrogen and oxygen atoms in total. The lowest BCUT2D eigenvalue weighted by molar-refractivity contribution is -0.132. The summed E-state index contributed by atoms with van der Waals surface area (Å²) in [7, 11) is -1.64. The number of hydrogen-bond acceptors (Lipinski definition) is 4. The molecule has 0 saturated carbocycles. The summed E-state index contributed by atoms with van der Waals surface area (Å²) in [5.41, 5.74) is 0.854. The predicted octanol–water partition coefficient (Wildman–Crippen LogP) is 1.47. The van der Waals surface area contributed by atoms with Gasteiger partial charge in [0.1, 0.15) is 0 Å². The minimum absolute atomic E-state index is 0.0651. The van der Waals surface area contributed by atoms with Gasteiger partial charge in [-0.2, -0.15) is 4.31 Å². The Morgan fingerprint density at radius 2 is 1.76 bits per heavy atom. The summed E-state index contributed by atoms with van der Waals surface area (Å²) < 4.78 is 26.3. The second kappa shape index (κ2) is 8.60. The molecule has 138 valence electrons. The Kier molecular flexibility index (Phi) is 6.75. The smallest absolute Gasteiger partial charge is 0.236 e. The minimum Gasteiger partial charge on any atom is -0.342 e. The summed E-state index contributed by atoms with van der Waals surface area (Å²) in [6.45, 7) is 6.22. The molecular weight excluding hydrogens is 338 g/mol. The van der Waals surface area contributed by atoms with Crippen molar-refractivity contribution in [2.45, 2.75) is 19.9 Å². The van der Waals surface area contributed by atoms with E-state index in [-0.39, 0.29) is 11.9 Å². The zero-order valence-corrected chi connectivity index (χ0v) is 15.9. The van der Waals surface area contributed by atoms with E-state index < -0.39 is 10.0 Å². The van der Waals surface area contributed by atoms with Gasteiger partial charge in [0.25, 0.3) is 0 Å². The molecule has 25 heavy (non-hydrogen) atoms. The van der Waals surface area contributed by atoms with Crippen LogP contribution < -0.4 is 0 Å². The van der Waals surface area contributed by atoms with Gasteiger partial charge in [-0.1, -0.05) is 30.3 Å². The Labute approximate surface area is 150 Å². The SMILES string of the molecule is CC(C)N(C)C(=O)CN1CCN(S(=O)(=O)/C=C/c2ccccc2)CC1. The quantitative estimate of drug-likeness (QED) is 0.766. The zero-order chi connectivity index (χ0) is 18.4. The molecule has 1 fully saturated rings. The molecule has 1 heterocycles. The number of amides is 1. The second-order valence-corrected chi connectivity index (χ2v) is 8.35. The van der Waals surface area contributed by atoms with E-state index in [1.54, 1.807) is 18.0 Å². The molecule has 1 saturated heterocycles. The van der Waals surface area contributed by atoms with Crippen LogP contribution in [-0.4, -0.2) is 74.2 Å². The van der Waals surface area contributed by atoms with Crippen molar-refractivity contribution in [1.82, 2.24) is 14.1 Å². The molecule has 0 bridgehead atoms. The standard InChI is InChI=1S/C18H27N3O3S/c1-16(2)19(3)18(22)15-20-10-12-21(13-11-20)25(23,24)14-9-17-7-5-4-6-8-17/h4-9,14,16H,10-13,15H2,1-3H3/b14-9+. The molecule has 7 heteroatoms. The van der Waals surface area contributed by atoms with Gasteiger partial charge < -0.3 is 4.90 Å². The number of nitrogens with zero attached hydrogens (tertiary/aromatic N) is 3. The van der Waals surface area contributed by atoms with Gasteiger partial charge in [0.2, 0.25) is 15.9 Å². The van der Waals surface area contributed by atoms with E-state index in [1.807, 2.05) is 49.1 Å². The number of carbonyl (C=O) groups is 1. The van der Waals surface area contributed by atoms with Crippen molar-refractivity contribution in [2.75, 3.05) is 39.8 Å². The van der Waals surface area contributed by atoms with Gasteiger partial charge in [0, 0.05) is 44.7 Å². The summed E-state index contributed by atoms with van der Waals surface area (Å²) in [4.78, 5) is 15.9. The van der Waals surface area contributed by atoms with E-state index in [2.05, 4.69) is 0 Å². The van der Waals surface area contributed by atoms with E-state index in [4.69, 9.17) is 0 Å². The van der Waals surface area contributed by atoms with Gasteiger partial charge in [-0.15, -0.1) is 0 Å². The number of benzene rings is 1. The first kappa shape index (κ1) is 19.6. The Balaban J connectivity index is 1.88. The van der Waals surface area contributed by atoms with Crippen LogP contribution in [0.4, 0.5) is 0 Å². The molecule has 0 radical (unpaired) electrons. The van der Waals surface area contributed by atoms with Crippen LogP contribution in [0.1, 0.15) is 19.4 Å². The Bertz CT molecular complexity index is 694. The normalized spacial score (nSPS) is 17.3. The van der Waals surface area contributed by atoms with Crippen LogP contribution in [0.15, 0.2) is 35.7 Å². The maximum absolute atomic E-state index is 12.4. The highest BCUT2D eigenvalue weighted by Gasteiger charge is 2.26. The third-order valence-electron chi connectivity index (χ3n) is 4.45. The number of hydrogen-bond donors (Lipinski definition) is 0. The first-order chi connectivity index (χ1) is 11.8. The number of sulfonamides is 1. The van der Waals surface area contributed by atoms with Crippen molar-refractivity contribution < 1.29 is 13.2 Å². The summed E-state index contributed by atoms with van der Waals surface area (Å²) in [5.74, 6) is 0.0651. The second-order valence-electron chi connectivity index (χ2n) is 6.53. The number of likely N-dealkylation sites (N-methyl/N-ethyl adjacent to an activating group) is 1. The van der Waals surface area contributed by atoms with Crippen LogP contribution in [0.25, 0.3) is 6.08 Å². The van der Waals surface area contributed by atoms with Gasteiger partial charge in [-0.3, -0.25) is 9.69 Å². The Morgan fingerprint density at radius 3 is 2.32 bits per heavy atom. The fourth-order valence-electron chi connectivity index (χ4n) is 2.55. The van der Waals surface area contributed by atoms with E-state index in [0.717, 1.165) is 5.56 Å². The first-order valence-electron chi connectivity index (χ1n) is 8.51. The highest BCUT2D eigenvalue weighted by atomic mass is 32.2. The topological polar surface area (TPSA) is 60.9 Å². The third kappa shape index (κ3) is 5.66. The predicted molar refractivity (Wildman–Crippen MR) is 100 cm³/mol. The number of carbonyl (C=O) groups excluding carboxylic acids is 1. The summed E-state index contributed by atoms with van der Waals surface area (Å²) in [6.07, 6.45) is 1.61. The van der Waals surface area contributed by atoms with Crippen LogP contribution >= 0.6 is 0 Å². The zero-order valence-electron chi connectivity index (χ0n) is 15.1. The van der Waals surface area contributed by atoms with Crippen molar-refractivity contribution >= 4 is 22.0 Å². The fraction of sp³-hybridized carbons (Fsp3) is 0.500. The maximum atomic E-state index is 12.4. The van der Waals surface area contributed by atoms with E-state index in [0.29, 0.717) is 32.7 Å². The molecule has 0 unspecified atom stereocenters. The van der Waals surface area contributed by atoms with Crippen LogP contribution in [-0.2, 0) is 14.8 Å². The average Bonchev–Trinajstić information content (AvgIpc) is 2.60. The molecule has 1 aromatic rings. The Morgan fingerprint density at radius 1 is 1.16 bits per heavy atom. The van der Waals surface area contributed by atoms with E-state index in [9.17, 15) is 13.2 Å². The van der Waals surface area contributed by atoms with Gasteiger partial charge >= 0.3 is 0 Å². The summed E-state index contributed by atoms with van der Waals surface area (Å²) in [5, 5.41) is 1.26. The largest absolute Gasteiger partial charge is 0.342 e. The summed E-state index contributed by atoms with van der Waals surface area (Å²) >= 11 is 0. The highest BCUT2D eigenvalue weighted by molar-refractivity contribution is 7.92. The van der Waals surface area contributed by atoms with Crippen LogP contribution in [0, 0.1) is 0 Å². The first-order valence-corrected chi connectivity index (χ1v) is 10.0. The fourth-order valence-corrected chi connectivity index (χ4v) is 3.72. The lowest BCUT2D eigenvalue weighted by Crippen LogP contribution is -2.51. The van der Waals surface area contributed by atoms with Gasteiger partial charge in [-0.25, -0.2) is 8.42 Å². The molecule has 1 aliphatic heterocycles. The van der Waals surface area contributed by atoms with Crippen molar-refractivity contribution in [1.29, 1.82) is 0 Å². The van der Waals surface area contributed by atoms with E-state index in [1.165, 1.54) is 9.71 Å². The minimum atomic E-state index is -3.43. The molecule has 0 atom stereocenters. The number of piperazine rings is 1. The van der Waals surface area contributed by atoms with Crippen molar-refractivity contribution in [3.05, 3.63) is 41.3 Å². The average molecular weight is 365 g/mol. The van der Waals surface area contributed by atoms with Gasteiger partial charge in [0.05, 0.1) is 6.54 Å². The van der Waals surface area contributed by atoms with Gasteiger partial charge in [0.15, 0.2) is 0 Å². The lowest BCUT2D eigenvalue weighted by Gasteiger charge is -2.34. The van der Waals surface area contributed by atoms with Gasteiger partial charge in [-0.05, 0) is 25.5 Å².